The second-order valence-corrected chi connectivity index (χ2v) is 5.90. The van der Waals surface area contributed by atoms with Gasteiger partial charge in [-0.05, 0) is 24.3 Å². The zero-order valence-corrected chi connectivity index (χ0v) is 14.5. The summed E-state index contributed by atoms with van der Waals surface area (Å²) < 4.78 is 43.0. The highest BCUT2D eigenvalue weighted by Crippen LogP contribution is 2.32. The number of pyridine rings is 2. The molecule has 0 saturated carbocycles. The highest BCUT2D eigenvalue weighted by Gasteiger charge is 2.31. The molecule has 1 aromatic carbocycles. The van der Waals surface area contributed by atoms with Crippen molar-refractivity contribution in [2.45, 2.75) is 6.18 Å². The van der Waals surface area contributed by atoms with Gasteiger partial charge in [-0.1, -0.05) is 23.7 Å². The first kappa shape index (κ1) is 18.9. The molecule has 140 valence electrons. The summed E-state index contributed by atoms with van der Waals surface area (Å²) in [5.41, 5.74) is 0.117. The number of hydrogen-bond donors (Lipinski definition) is 1. The van der Waals surface area contributed by atoms with E-state index in [4.69, 9.17) is 16.3 Å². The molecule has 0 bridgehead atoms. The molecule has 27 heavy (non-hydrogen) atoms. The Balaban J connectivity index is 1.58. The largest absolute Gasteiger partial charge is 0.460 e. The van der Waals surface area contributed by atoms with Crippen molar-refractivity contribution in [1.82, 2.24) is 9.97 Å². The van der Waals surface area contributed by atoms with E-state index in [0.29, 0.717) is 22.7 Å². The molecule has 3 rings (SSSR count). The van der Waals surface area contributed by atoms with Crippen LogP contribution in [0.4, 0.5) is 19.0 Å². The van der Waals surface area contributed by atoms with E-state index in [1.54, 1.807) is 36.5 Å². The molecule has 0 aliphatic carbocycles. The van der Waals surface area contributed by atoms with Crippen molar-refractivity contribution in [3.8, 4) is 0 Å². The van der Waals surface area contributed by atoms with E-state index >= 15 is 0 Å². The number of carbonyl (C=O) groups is 1. The van der Waals surface area contributed by atoms with Crippen LogP contribution in [0.25, 0.3) is 10.9 Å². The summed E-state index contributed by atoms with van der Waals surface area (Å²) in [6.07, 6.45) is -2.20. The maximum absolute atomic E-state index is 12.6. The van der Waals surface area contributed by atoms with Gasteiger partial charge in [0, 0.05) is 17.8 Å². The number of halogens is 4. The molecule has 0 spiro atoms. The number of rotatable bonds is 5. The van der Waals surface area contributed by atoms with E-state index in [2.05, 4.69) is 15.3 Å². The maximum Gasteiger partial charge on any atom is 0.417 e. The Morgan fingerprint density at radius 1 is 1.19 bits per heavy atom. The van der Waals surface area contributed by atoms with Gasteiger partial charge >= 0.3 is 12.1 Å². The summed E-state index contributed by atoms with van der Waals surface area (Å²) in [7, 11) is 0. The van der Waals surface area contributed by atoms with E-state index < -0.39 is 17.7 Å². The van der Waals surface area contributed by atoms with Crippen LogP contribution in [-0.2, 0) is 10.9 Å². The molecule has 0 saturated heterocycles. The molecular formula is C18H13ClF3N3O2. The molecule has 2 heterocycles. The zero-order chi connectivity index (χ0) is 19.4. The molecule has 0 radical (unpaired) electrons. The minimum absolute atomic E-state index is 0.0193. The molecule has 0 aliphatic rings. The van der Waals surface area contributed by atoms with Crippen molar-refractivity contribution in [3.63, 3.8) is 0 Å². The molecule has 9 heteroatoms. The predicted octanol–water partition coefficient (Wildman–Crippen LogP) is 4.57. The Morgan fingerprint density at radius 3 is 2.74 bits per heavy atom. The number of hydrogen-bond acceptors (Lipinski definition) is 5. The summed E-state index contributed by atoms with van der Waals surface area (Å²) >= 11 is 5.80. The first-order valence-electron chi connectivity index (χ1n) is 7.84. The monoisotopic (exact) mass is 395 g/mol. The second-order valence-electron chi connectivity index (χ2n) is 5.49. The normalized spacial score (nSPS) is 11.4. The van der Waals surface area contributed by atoms with E-state index in [1.807, 2.05) is 0 Å². The van der Waals surface area contributed by atoms with Gasteiger partial charge in [-0.3, -0.25) is 4.98 Å². The quantitative estimate of drug-likeness (QED) is 0.506. The van der Waals surface area contributed by atoms with Gasteiger partial charge in [0.25, 0.3) is 0 Å². The first-order valence-corrected chi connectivity index (χ1v) is 8.21. The number of fused-ring (bicyclic) bond motifs is 1. The standard InChI is InChI=1S/C18H13ClF3N3O2/c19-14-9-11(18(20,21)22)10-25-16(14)24-7-8-27-17(26)13-3-1-5-15-12(13)4-2-6-23-15/h1-6,9-10H,7-8H2,(H,24,25). The number of nitrogens with one attached hydrogen (secondary N) is 1. The lowest BCUT2D eigenvalue weighted by Gasteiger charge is -2.11. The van der Waals surface area contributed by atoms with E-state index in [9.17, 15) is 18.0 Å². The van der Waals surface area contributed by atoms with Crippen LogP contribution in [0.3, 0.4) is 0 Å². The molecule has 0 fully saturated rings. The van der Waals surface area contributed by atoms with Crippen LogP contribution in [0.2, 0.25) is 5.02 Å². The number of carbonyl (C=O) groups excluding carboxylic acids is 1. The maximum atomic E-state index is 12.6. The lowest BCUT2D eigenvalue weighted by Crippen LogP contribution is -2.15. The molecule has 0 amide bonds. The number of ether oxygens (including phenoxy) is 1. The molecule has 0 unspecified atom stereocenters. The van der Waals surface area contributed by atoms with Crippen LogP contribution in [0.15, 0.2) is 48.8 Å². The number of aromatic nitrogens is 2. The number of nitrogens with zero attached hydrogens (tertiary/aromatic N) is 2. The van der Waals surface area contributed by atoms with Crippen molar-refractivity contribution in [3.05, 3.63) is 64.9 Å². The summed E-state index contributed by atoms with van der Waals surface area (Å²) in [6.45, 7) is 0.112. The Hall–Kier alpha value is -2.87. The fourth-order valence-corrected chi connectivity index (χ4v) is 2.63. The van der Waals surface area contributed by atoms with Crippen LogP contribution in [0, 0.1) is 0 Å². The third-order valence-corrected chi connectivity index (χ3v) is 3.95. The van der Waals surface area contributed by atoms with Gasteiger partial charge < -0.3 is 10.1 Å². The smallest absolute Gasteiger partial charge is 0.417 e. The molecule has 1 N–H and O–H groups in total. The molecular weight excluding hydrogens is 383 g/mol. The van der Waals surface area contributed by atoms with Crippen molar-refractivity contribution >= 4 is 34.3 Å². The summed E-state index contributed by atoms with van der Waals surface area (Å²) in [5, 5.41) is 3.24. The second kappa shape index (κ2) is 7.79. The Labute approximate surface area is 157 Å². The van der Waals surface area contributed by atoms with Gasteiger partial charge in [0.15, 0.2) is 0 Å². The molecule has 5 nitrogen and oxygen atoms in total. The van der Waals surface area contributed by atoms with Gasteiger partial charge in [0.05, 0.1) is 28.2 Å². The van der Waals surface area contributed by atoms with Gasteiger partial charge in [-0.15, -0.1) is 0 Å². The summed E-state index contributed by atoms with van der Waals surface area (Å²) in [5.74, 6) is -0.447. The fraction of sp³-hybridized carbons (Fsp3) is 0.167. The summed E-state index contributed by atoms with van der Waals surface area (Å²) in [6, 6.07) is 9.39. The SMILES string of the molecule is O=C(OCCNc1ncc(C(F)(F)F)cc1Cl)c1cccc2ncccc12. The van der Waals surface area contributed by atoms with Crippen molar-refractivity contribution in [2.24, 2.45) is 0 Å². The van der Waals surface area contributed by atoms with Gasteiger partial charge in [-0.25, -0.2) is 9.78 Å². The van der Waals surface area contributed by atoms with Crippen LogP contribution in [0.5, 0.6) is 0 Å². The Bertz CT molecular complexity index is 974. The van der Waals surface area contributed by atoms with Crippen LogP contribution < -0.4 is 5.32 Å². The lowest BCUT2D eigenvalue weighted by atomic mass is 10.1. The molecule has 0 aliphatic heterocycles. The van der Waals surface area contributed by atoms with Crippen LogP contribution in [0.1, 0.15) is 15.9 Å². The predicted molar refractivity (Wildman–Crippen MR) is 94.8 cm³/mol. The number of alkyl halides is 3. The Kier molecular flexibility index (Phi) is 5.46. The zero-order valence-electron chi connectivity index (χ0n) is 13.8. The topological polar surface area (TPSA) is 64.1 Å². The van der Waals surface area contributed by atoms with Crippen molar-refractivity contribution in [1.29, 1.82) is 0 Å². The minimum atomic E-state index is -4.52. The van der Waals surface area contributed by atoms with Crippen molar-refractivity contribution in [2.75, 3.05) is 18.5 Å². The van der Waals surface area contributed by atoms with Crippen molar-refractivity contribution < 1.29 is 22.7 Å². The van der Waals surface area contributed by atoms with E-state index in [-0.39, 0.29) is 24.0 Å². The van der Waals surface area contributed by atoms with Gasteiger partial charge in [0.1, 0.15) is 12.4 Å². The average molecular weight is 396 g/mol. The third-order valence-electron chi connectivity index (χ3n) is 3.66. The minimum Gasteiger partial charge on any atom is -0.460 e. The number of anilines is 1. The average Bonchev–Trinajstić information content (AvgIpc) is 2.64. The van der Waals surface area contributed by atoms with E-state index in [0.717, 1.165) is 6.07 Å². The van der Waals surface area contributed by atoms with E-state index in [1.165, 1.54) is 0 Å². The molecule has 3 aromatic rings. The van der Waals surface area contributed by atoms with Gasteiger partial charge in [0.2, 0.25) is 0 Å². The highest BCUT2D eigenvalue weighted by molar-refractivity contribution is 6.32. The lowest BCUT2D eigenvalue weighted by molar-refractivity contribution is -0.137. The fourth-order valence-electron chi connectivity index (χ4n) is 2.40. The molecule has 2 aromatic heterocycles. The van der Waals surface area contributed by atoms with Gasteiger partial charge in [-0.2, -0.15) is 13.2 Å². The molecule has 0 atom stereocenters. The highest BCUT2D eigenvalue weighted by atomic mass is 35.5. The van der Waals surface area contributed by atoms with Crippen LogP contribution in [-0.4, -0.2) is 29.1 Å². The third kappa shape index (κ3) is 4.46. The first-order chi connectivity index (χ1) is 12.9. The Morgan fingerprint density at radius 2 is 2.00 bits per heavy atom. The summed E-state index contributed by atoms with van der Waals surface area (Å²) in [4.78, 5) is 20.1. The number of esters is 1. The number of benzene rings is 1. The van der Waals surface area contributed by atoms with Crippen LogP contribution >= 0.6 is 11.6 Å².